The Morgan fingerprint density at radius 1 is 1.06 bits per heavy atom. The maximum atomic E-state index is 5.86. The molecule has 0 atom stereocenters. The van der Waals surface area contributed by atoms with E-state index in [1.807, 2.05) is 54.3 Å². The number of rotatable bonds is 7. The zero-order valence-electron chi connectivity index (χ0n) is 18.3. The minimum atomic E-state index is 0.485. The van der Waals surface area contributed by atoms with Crippen LogP contribution in [-0.2, 0) is 0 Å². The van der Waals surface area contributed by atoms with Gasteiger partial charge in [0.05, 0.1) is 26.5 Å². The molecule has 7 heteroatoms. The number of furan rings is 1. The first kappa shape index (κ1) is 20.8. The summed E-state index contributed by atoms with van der Waals surface area (Å²) < 4.78 is 17.2. The van der Waals surface area contributed by atoms with Gasteiger partial charge in [-0.15, -0.1) is 5.10 Å². The molecule has 4 rings (SSSR count). The van der Waals surface area contributed by atoms with Crippen LogP contribution in [0.1, 0.15) is 24.4 Å². The standard InChI is InChI=1S/C24H28N4O3/c1-17(27-14-5-6-15-27)10-12-19-16-28(23-20(29-3)8-7-9-21(23)30-4)24(26-25-19)22-13-11-18(2)31-22/h7-13H,1,5-6,14-16H2,2-4H3/b12-10+. The fraction of sp³-hybridized carbons (Fsp3) is 0.333. The summed E-state index contributed by atoms with van der Waals surface area (Å²) in [6.07, 6.45) is 6.42. The third-order valence-corrected chi connectivity index (χ3v) is 5.46. The number of hydrogen-bond donors (Lipinski definition) is 0. The van der Waals surface area contributed by atoms with Gasteiger partial charge in [0.15, 0.2) is 11.6 Å². The van der Waals surface area contributed by atoms with E-state index in [-0.39, 0.29) is 0 Å². The zero-order valence-corrected chi connectivity index (χ0v) is 18.3. The summed E-state index contributed by atoms with van der Waals surface area (Å²) in [6, 6.07) is 9.51. The molecule has 1 saturated heterocycles. The van der Waals surface area contributed by atoms with Crippen LogP contribution in [0.3, 0.4) is 0 Å². The molecule has 1 aromatic carbocycles. The van der Waals surface area contributed by atoms with E-state index in [1.54, 1.807) is 14.2 Å². The Morgan fingerprint density at radius 2 is 1.77 bits per heavy atom. The lowest BCUT2D eigenvalue weighted by Crippen LogP contribution is -2.38. The van der Waals surface area contributed by atoms with Gasteiger partial charge in [0, 0.05) is 18.8 Å². The number of hydrogen-bond acceptors (Lipinski definition) is 7. The molecule has 0 spiro atoms. The topological polar surface area (TPSA) is 62.8 Å². The molecule has 162 valence electrons. The van der Waals surface area contributed by atoms with E-state index in [0.717, 1.165) is 35.9 Å². The van der Waals surface area contributed by atoms with Gasteiger partial charge in [-0.25, -0.2) is 0 Å². The van der Waals surface area contributed by atoms with Gasteiger partial charge in [-0.1, -0.05) is 12.6 Å². The summed E-state index contributed by atoms with van der Waals surface area (Å²) in [5.74, 6) is 3.41. The molecule has 0 N–H and O–H groups in total. The fourth-order valence-corrected chi connectivity index (χ4v) is 3.84. The largest absolute Gasteiger partial charge is 0.494 e. The molecule has 1 fully saturated rings. The summed E-state index contributed by atoms with van der Waals surface area (Å²) in [7, 11) is 3.29. The van der Waals surface area contributed by atoms with E-state index in [1.165, 1.54) is 12.8 Å². The Labute approximate surface area is 183 Å². The monoisotopic (exact) mass is 420 g/mol. The summed E-state index contributed by atoms with van der Waals surface area (Å²) in [5.41, 5.74) is 2.58. The van der Waals surface area contributed by atoms with Crippen molar-refractivity contribution in [2.45, 2.75) is 19.8 Å². The van der Waals surface area contributed by atoms with Gasteiger partial charge >= 0.3 is 0 Å². The molecule has 3 heterocycles. The molecule has 7 nitrogen and oxygen atoms in total. The lowest BCUT2D eigenvalue weighted by Gasteiger charge is -2.29. The fourth-order valence-electron chi connectivity index (χ4n) is 3.84. The number of amidine groups is 1. The third-order valence-electron chi connectivity index (χ3n) is 5.46. The summed E-state index contributed by atoms with van der Waals surface area (Å²) >= 11 is 0. The first-order valence-corrected chi connectivity index (χ1v) is 10.4. The normalized spacial score (nSPS) is 16.5. The van der Waals surface area contributed by atoms with Gasteiger partial charge in [0.25, 0.3) is 0 Å². The third kappa shape index (κ3) is 4.35. The molecule has 0 unspecified atom stereocenters. The van der Waals surface area contributed by atoms with Crippen LogP contribution in [0.15, 0.2) is 69.4 Å². The lowest BCUT2D eigenvalue weighted by atomic mass is 10.1. The highest BCUT2D eigenvalue weighted by atomic mass is 16.5. The van der Waals surface area contributed by atoms with Crippen LogP contribution < -0.4 is 14.4 Å². The minimum absolute atomic E-state index is 0.485. The maximum Gasteiger partial charge on any atom is 0.199 e. The Balaban J connectivity index is 1.70. The predicted molar refractivity (Wildman–Crippen MR) is 123 cm³/mol. The zero-order chi connectivity index (χ0) is 21.8. The van der Waals surface area contributed by atoms with Crippen molar-refractivity contribution in [2.24, 2.45) is 10.2 Å². The predicted octanol–water partition coefficient (Wildman–Crippen LogP) is 4.39. The van der Waals surface area contributed by atoms with E-state index in [0.29, 0.717) is 29.6 Å². The number of benzene rings is 1. The van der Waals surface area contributed by atoms with Crippen LogP contribution in [0.25, 0.3) is 0 Å². The molecule has 2 aliphatic rings. The van der Waals surface area contributed by atoms with Crippen LogP contribution in [0.4, 0.5) is 5.69 Å². The Kier molecular flexibility index (Phi) is 6.11. The Bertz CT molecular complexity index is 1020. The molecule has 1 aromatic heterocycles. The van der Waals surface area contributed by atoms with Crippen molar-refractivity contribution in [3.8, 4) is 11.5 Å². The summed E-state index contributed by atoms with van der Waals surface area (Å²) in [6.45, 7) is 8.70. The van der Waals surface area contributed by atoms with Crippen molar-refractivity contribution >= 4 is 17.2 Å². The molecule has 0 amide bonds. The number of ether oxygens (including phenoxy) is 2. The number of allylic oxidation sites excluding steroid dienone is 1. The number of methoxy groups -OCH3 is 2. The minimum Gasteiger partial charge on any atom is -0.494 e. The quantitative estimate of drug-likeness (QED) is 0.622. The molecule has 2 aromatic rings. The van der Waals surface area contributed by atoms with Crippen molar-refractivity contribution in [2.75, 3.05) is 38.8 Å². The van der Waals surface area contributed by atoms with Gasteiger partial charge in [0.1, 0.15) is 22.9 Å². The summed E-state index contributed by atoms with van der Waals surface area (Å²) in [5, 5.41) is 8.97. The van der Waals surface area contributed by atoms with Crippen molar-refractivity contribution < 1.29 is 13.9 Å². The molecular weight excluding hydrogens is 392 g/mol. The average molecular weight is 421 g/mol. The van der Waals surface area contributed by atoms with Crippen molar-refractivity contribution in [1.82, 2.24) is 4.90 Å². The van der Waals surface area contributed by atoms with Crippen LogP contribution in [-0.4, -0.2) is 50.3 Å². The molecule has 0 saturated carbocycles. The van der Waals surface area contributed by atoms with Gasteiger partial charge in [-0.05, 0) is 56.2 Å². The molecule has 0 bridgehead atoms. The van der Waals surface area contributed by atoms with Crippen molar-refractivity contribution in [3.05, 3.63) is 66.3 Å². The maximum absolute atomic E-state index is 5.86. The lowest BCUT2D eigenvalue weighted by molar-refractivity contribution is 0.396. The first-order chi connectivity index (χ1) is 15.1. The number of likely N-dealkylation sites (tertiary alicyclic amines) is 1. The van der Waals surface area contributed by atoms with Crippen LogP contribution in [0.2, 0.25) is 0 Å². The smallest absolute Gasteiger partial charge is 0.199 e. The van der Waals surface area contributed by atoms with Crippen LogP contribution >= 0.6 is 0 Å². The second-order valence-corrected chi connectivity index (χ2v) is 7.54. The first-order valence-electron chi connectivity index (χ1n) is 10.4. The summed E-state index contributed by atoms with van der Waals surface area (Å²) in [4.78, 5) is 4.31. The number of para-hydroxylation sites is 1. The highest BCUT2D eigenvalue weighted by Crippen LogP contribution is 2.39. The van der Waals surface area contributed by atoms with E-state index in [2.05, 4.69) is 21.7 Å². The molecular formula is C24H28N4O3. The van der Waals surface area contributed by atoms with Gasteiger partial charge in [-0.2, -0.15) is 5.10 Å². The average Bonchev–Trinajstić information content (AvgIpc) is 3.49. The van der Waals surface area contributed by atoms with Crippen molar-refractivity contribution in [3.63, 3.8) is 0 Å². The molecule has 31 heavy (non-hydrogen) atoms. The van der Waals surface area contributed by atoms with Gasteiger partial charge in [-0.3, -0.25) is 0 Å². The van der Waals surface area contributed by atoms with E-state index < -0.39 is 0 Å². The van der Waals surface area contributed by atoms with Crippen molar-refractivity contribution in [1.29, 1.82) is 0 Å². The number of nitrogens with zero attached hydrogens (tertiary/aromatic N) is 4. The molecule has 0 aliphatic carbocycles. The van der Waals surface area contributed by atoms with E-state index in [4.69, 9.17) is 13.9 Å². The number of anilines is 1. The van der Waals surface area contributed by atoms with Gasteiger partial charge < -0.3 is 23.7 Å². The molecule has 0 radical (unpaired) electrons. The highest BCUT2D eigenvalue weighted by Gasteiger charge is 2.28. The number of aryl methyl sites for hydroxylation is 1. The second-order valence-electron chi connectivity index (χ2n) is 7.54. The van der Waals surface area contributed by atoms with E-state index >= 15 is 0 Å². The van der Waals surface area contributed by atoms with E-state index in [9.17, 15) is 0 Å². The van der Waals surface area contributed by atoms with Crippen LogP contribution in [0, 0.1) is 6.92 Å². The van der Waals surface area contributed by atoms with Crippen LogP contribution in [0.5, 0.6) is 11.5 Å². The Morgan fingerprint density at radius 3 is 2.39 bits per heavy atom. The SMILES string of the molecule is C=C(/C=C/C1=NN=C(c2ccc(C)o2)N(c2c(OC)cccc2OC)C1)N1CCCC1. The molecule has 2 aliphatic heterocycles. The van der Waals surface area contributed by atoms with Gasteiger partial charge in [0.2, 0.25) is 0 Å². The second kappa shape index (κ2) is 9.12. The Hall–Kier alpha value is -3.48. The highest BCUT2D eigenvalue weighted by molar-refractivity contribution is 6.16.